The monoisotopic (exact) mass is 628 g/mol. The molecule has 1 amide bonds. The normalized spacial score (nSPS) is 18.0. The van der Waals surface area contributed by atoms with Crippen LogP contribution in [0, 0.1) is 0 Å². The van der Waals surface area contributed by atoms with Crippen molar-refractivity contribution in [2.45, 2.75) is 62.3 Å². The fourth-order valence-corrected chi connectivity index (χ4v) is 7.87. The van der Waals surface area contributed by atoms with Crippen molar-refractivity contribution in [1.29, 1.82) is 0 Å². The van der Waals surface area contributed by atoms with E-state index in [4.69, 9.17) is 10.1 Å². The van der Waals surface area contributed by atoms with Crippen molar-refractivity contribution in [3.63, 3.8) is 0 Å². The van der Waals surface area contributed by atoms with Gasteiger partial charge in [0.15, 0.2) is 0 Å². The number of amides is 1. The van der Waals surface area contributed by atoms with Crippen LogP contribution >= 0.6 is 11.3 Å². The summed E-state index contributed by atoms with van der Waals surface area (Å²) in [5.41, 5.74) is 6.41. The number of thiophene rings is 1. The van der Waals surface area contributed by atoms with Gasteiger partial charge in [-0.15, -0.1) is 0 Å². The van der Waals surface area contributed by atoms with E-state index in [1.54, 1.807) is 17.4 Å². The van der Waals surface area contributed by atoms with E-state index >= 15 is 0 Å². The third-order valence-corrected chi connectivity index (χ3v) is 10.4. The zero-order valence-electron chi connectivity index (χ0n) is 25.1. The molecule has 3 heterocycles. The first-order chi connectivity index (χ1) is 21.6. The van der Waals surface area contributed by atoms with Crippen molar-refractivity contribution in [3.8, 4) is 11.3 Å². The maximum Gasteiger partial charge on any atom is 0.328 e. The quantitative estimate of drug-likeness (QED) is 0.179. The van der Waals surface area contributed by atoms with E-state index in [0.717, 1.165) is 75.5 Å². The average Bonchev–Trinajstić information content (AvgIpc) is 3.71. The van der Waals surface area contributed by atoms with E-state index in [1.807, 2.05) is 60.4 Å². The topological polar surface area (TPSA) is 89.2 Å². The van der Waals surface area contributed by atoms with Crippen LogP contribution < -0.4 is 5.32 Å². The van der Waals surface area contributed by atoms with Gasteiger partial charge in [0.1, 0.15) is 5.82 Å². The largest absolute Gasteiger partial charge is 0.478 e. The van der Waals surface area contributed by atoms with Crippen LogP contribution in [0.5, 0.6) is 0 Å². The smallest absolute Gasteiger partial charge is 0.328 e. The molecule has 7 nitrogen and oxygen atoms in total. The van der Waals surface area contributed by atoms with Crippen LogP contribution in [0.3, 0.4) is 0 Å². The van der Waals surface area contributed by atoms with E-state index in [0.29, 0.717) is 18.4 Å². The van der Waals surface area contributed by atoms with Gasteiger partial charge in [-0.05, 0) is 90.9 Å². The summed E-state index contributed by atoms with van der Waals surface area (Å²) in [7, 11) is 3.91. The molecule has 2 aliphatic rings. The van der Waals surface area contributed by atoms with Crippen molar-refractivity contribution in [2.75, 3.05) is 0 Å². The van der Waals surface area contributed by atoms with Gasteiger partial charge in [-0.25, -0.2) is 18.6 Å². The highest BCUT2D eigenvalue weighted by molar-refractivity contribution is 7.08. The predicted octanol–water partition coefficient (Wildman–Crippen LogP) is 7.99. The van der Waals surface area contributed by atoms with Crippen molar-refractivity contribution in [3.05, 3.63) is 81.8 Å². The van der Waals surface area contributed by atoms with Gasteiger partial charge >= 0.3 is 5.97 Å². The fraction of sp³-hybridized carbons (Fsp3) is 0.343. The number of benzene rings is 2. The summed E-state index contributed by atoms with van der Waals surface area (Å²) >= 11 is 1.60. The number of rotatable bonds is 7. The lowest BCUT2D eigenvalue weighted by molar-refractivity contribution is -0.131. The van der Waals surface area contributed by atoms with Crippen molar-refractivity contribution >= 4 is 51.2 Å². The Balaban J connectivity index is 1.23. The molecular weight excluding hydrogens is 594 g/mol. The van der Waals surface area contributed by atoms with E-state index in [1.165, 1.54) is 0 Å². The highest BCUT2D eigenvalue weighted by atomic mass is 32.1. The molecule has 2 saturated carbocycles. The fourth-order valence-electron chi connectivity index (χ4n) is 7.23. The van der Waals surface area contributed by atoms with Gasteiger partial charge in [-0.1, -0.05) is 12.1 Å². The Morgan fingerprint density at radius 3 is 2.47 bits per heavy atom. The molecule has 0 unspecified atom stereocenters. The summed E-state index contributed by atoms with van der Waals surface area (Å²) in [6, 6.07) is 13.4. The Kier molecular flexibility index (Phi) is 7.15. The lowest BCUT2D eigenvalue weighted by Crippen LogP contribution is -2.52. The number of aliphatic carboxylic acids is 1. The standard InChI is InChI=1S/C35H34F2N4O3S/c1-40-27-19-23(6-7-25(27)30(31(40)24-12-17-45-20-24)22-10-15-35(36,37)16-11-22)32(44)39-34(13-3-14-34)33-38-26-8-4-21(5-9-29(42)43)18-28(26)41(33)2/h4-9,12,17-20,22H,3,10-11,13-16H2,1-2H3,(H,39,44)(H,42,43). The number of carboxylic acids is 1. The second-order valence-corrected chi connectivity index (χ2v) is 13.3. The second kappa shape index (κ2) is 10.9. The molecule has 2 aliphatic carbocycles. The number of imidazole rings is 1. The third-order valence-electron chi connectivity index (χ3n) is 9.73. The Morgan fingerprint density at radius 1 is 1.02 bits per heavy atom. The molecule has 0 atom stereocenters. The Labute approximate surface area is 263 Å². The third kappa shape index (κ3) is 5.14. The van der Waals surface area contributed by atoms with Gasteiger partial charge in [0, 0.05) is 60.4 Å². The molecule has 232 valence electrons. The number of alkyl halides is 2. The number of carboxylic acid groups (broad SMARTS) is 1. The van der Waals surface area contributed by atoms with Crippen molar-refractivity contribution in [2.24, 2.45) is 14.1 Å². The van der Waals surface area contributed by atoms with Crippen molar-refractivity contribution < 1.29 is 23.5 Å². The minimum Gasteiger partial charge on any atom is -0.478 e. The van der Waals surface area contributed by atoms with Crippen molar-refractivity contribution in [1.82, 2.24) is 19.4 Å². The molecular formula is C35H34F2N4O3S. The number of nitrogens with one attached hydrogen (secondary N) is 1. The zero-order valence-corrected chi connectivity index (χ0v) is 26.0. The molecule has 0 saturated heterocycles. The summed E-state index contributed by atoms with van der Waals surface area (Å²) < 4.78 is 32.3. The van der Waals surface area contributed by atoms with Crippen LogP contribution in [0.2, 0.25) is 0 Å². The number of aryl methyl sites for hydroxylation is 2. The first-order valence-corrected chi connectivity index (χ1v) is 16.2. The highest BCUT2D eigenvalue weighted by Gasteiger charge is 2.44. The molecule has 5 aromatic rings. The molecule has 7 rings (SSSR count). The van der Waals surface area contributed by atoms with E-state index in [-0.39, 0.29) is 24.7 Å². The molecule has 45 heavy (non-hydrogen) atoms. The maximum atomic E-state index is 14.1. The summed E-state index contributed by atoms with van der Waals surface area (Å²) in [5.74, 6) is -3.01. The molecule has 2 aromatic carbocycles. The number of carbonyl (C=O) groups excluding carboxylic acids is 1. The Bertz CT molecular complexity index is 1970. The van der Waals surface area contributed by atoms with Gasteiger partial charge in [0.2, 0.25) is 5.92 Å². The lowest BCUT2D eigenvalue weighted by atomic mass is 9.75. The van der Waals surface area contributed by atoms with E-state index < -0.39 is 17.4 Å². The van der Waals surface area contributed by atoms with Crippen LogP contribution in [-0.4, -0.2) is 37.0 Å². The average molecular weight is 629 g/mol. The molecule has 0 bridgehead atoms. The number of fused-ring (bicyclic) bond motifs is 2. The maximum absolute atomic E-state index is 14.1. The number of aromatic nitrogens is 3. The SMILES string of the molecule is Cn1c(C2(NC(=O)c3ccc4c(C5CCC(F)(F)CC5)c(-c5ccsc5)n(C)c4c3)CCC2)nc2ccc(C=CC(=O)O)cc21. The number of carbonyl (C=O) groups is 2. The molecule has 0 radical (unpaired) electrons. The van der Waals surface area contributed by atoms with Gasteiger partial charge in [0.05, 0.1) is 22.3 Å². The second-order valence-electron chi connectivity index (χ2n) is 12.5. The van der Waals surface area contributed by atoms with Crippen LogP contribution in [0.1, 0.15) is 78.2 Å². The van der Waals surface area contributed by atoms with Crippen LogP contribution in [0.25, 0.3) is 39.3 Å². The first kappa shape index (κ1) is 29.4. The molecule has 3 aromatic heterocycles. The van der Waals surface area contributed by atoms with Gasteiger partial charge in [-0.2, -0.15) is 11.3 Å². The predicted molar refractivity (Wildman–Crippen MR) is 173 cm³/mol. The minimum atomic E-state index is -2.61. The molecule has 2 fully saturated rings. The van der Waals surface area contributed by atoms with Gasteiger partial charge in [-0.3, -0.25) is 4.79 Å². The van der Waals surface area contributed by atoms with Gasteiger partial charge < -0.3 is 19.6 Å². The van der Waals surface area contributed by atoms with Gasteiger partial charge in [0.25, 0.3) is 5.91 Å². The first-order valence-electron chi connectivity index (χ1n) is 15.3. The van der Waals surface area contributed by atoms with E-state index in [2.05, 4.69) is 21.3 Å². The lowest BCUT2D eigenvalue weighted by Gasteiger charge is -2.41. The summed E-state index contributed by atoms with van der Waals surface area (Å²) in [6.45, 7) is 0. The zero-order chi connectivity index (χ0) is 31.5. The summed E-state index contributed by atoms with van der Waals surface area (Å²) in [5, 5.41) is 17.4. The van der Waals surface area contributed by atoms with Crippen LogP contribution in [0.15, 0.2) is 59.3 Å². The number of hydrogen-bond donors (Lipinski definition) is 2. The number of nitrogens with zero attached hydrogens (tertiary/aromatic N) is 3. The Morgan fingerprint density at radius 2 is 1.80 bits per heavy atom. The van der Waals surface area contributed by atoms with Crippen LogP contribution in [-0.2, 0) is 24.4 Å². The summed E-state index contributed by atoms with van der Waals surface area (Å²) in [6.07, 6.45) is 5.78. The molecule has 0 aliphatic heterocycles. The molecule has 2 N–H and O–H groups in total. The van der Waals surface area contributed by atoms with Crippen LogP contribution in [0.4, 0.5) is 8.78 Å². The summed E-state index contributed by atoms with van der Waals surface area (Å²) in [4.78, 5) is 29.8. The molecule has 10 heteroatoms. The Hall–Kier alpha value is -4.31. The molecule has 0 spiro atoms. The number of halogens is 2. The van der Waals surface area contributed by atoms with E-state index in [9.17, 15) is 18.4 Å². The minimum absolute atomic E-state index is 0.0267. The number of hydrogen-bond acceptors (Lipinski definition) is 4. The highest BCUT2D eigenvalue weighted by Crippen LogP contribution is 2.48.